The summed E-state index contributed by atoms with van der Waals surface area (Å²) in [6.45, 7) is 2.58. The number of likely N-dealkylation sites (N-methyl/N-ethyl adjacent to an activating group) is 1. The van der Waals surface area contributed by atoms with Gasteiger partial charge in [0.25, 0.3) is 0 Å². The van der Waals surface area contributed by atoms with Crippen molar-refractivity contribution in [2.24, 2.45) is 0 Å². The Labute approximate surface area is 122 Å². The fourth-order valence-electron chi connectivity index (χ4n) is 1.43. The van der Waals surface area contributed by atoms with E-state index >= 15 is 0 Å². The van der Waals surface area contributed by atoms with E-state index in [1.54, 1.807) is 19.2 Å². The molecule has 1 rings (SSSR count). The zero-order valence-corrected chi connectivity index (χ0v) is 12.4. The van der Waals surface area contributed by atoms with Crippen molar-refractivity contribution < 1.29 is 9.59 Å². The molecule has 4 nitrogen and oxygen atoms in total. The molecule has 1 aromatic rings. The second kappa shape index (κ2) is 7.36. The van der Waals surface area contributed by atoms with Gasteiger partial charge in [-0.1, -0.05) is 36.5 Å². The second-order valence-electron chi connectivity index (χ2n) is 4.16. The Balaban J connectivity index is 2.63. The lowest BCUT2D eigenvalue weighted by Crippen LogP contribution is -2.37. The second-order valence-corrected chi connectivity index (χ2v) is 4.98. The number of carbonyl (C=O) groups excluding carboxylic acids is 2. The highest BCUT2D eigenvalue weighted by molar-refractivity contribution is 6.42. The van der Waals surface area contributed by atoms with Crippen molar-refractivity contribution in [3.05, 3.63) is 28.2 Å². The van der Waals surface area contributed by atoms with Gasteiger partial charge in [-0.2, -0.15) is 0 Å². The molecule has 0 fully saturated rings. The van der Waals surface area contributed by atoms with Crippen LogP contribution in [0.4, 0.5) is 5.69 Å². The van der Waals surface area contributed by atoms with E-state index < -0.39 is 11.8 Å². The molecule has 0 bridgehead atoms. The molecule has 104 valence electrons. The number of unbranched alkanes of at least 4 members (excludes halogenated alkanes) is 1. The molecule has 0 radical (unpaired) electrons. The summed E-state index contributed by atoms with van der Waals surface area (Å²) in [4.78, 5) is 24.9. The quantitative estimate of drug-likeness (QED) is 0.868. The summed E-state index contributed by atoms with van der Waals surface area (Å²) < 4.78 is 0. The summed E-state index contributed by atoms with van der Waals surface area (Å²) in [6.07, 6.45) is 1.83. The first kappa shape index (κ1) is 15.8. The van der Waals surface area contributed by atoms with Gasteiger partial charge >= 0.3 is 11.8 Å². The van der Waals surface area contributed by atoms with Crippen molar-refractivity contribution in [2.75, 3.05) is 18.9 Å². The molecule has 2 amide bonds. The molecular weight excluding hydrogens is 287 g/mol. The standard InChI is InChI=1S/C13H16Cl2N2O2/c1-3-4-7-17(2)13(19)12(18)16-9-5-6-10(14)11(15)8-9/h5-6,8H,3-4,7H2,1-2H3,(H,16,18). The average molecular weight is 303 g/mol. The van der Waals surface area contributed by atoms with Gasteiger partial charge in [-0.3, -0.25) is 9.59 Å². The number of hydrogen-bond donors (Lipinski definition) is 1. The maximum Gasteiger partial charge on any atom is 0.313 e. The monoisotopic (exact) mass is 302 g/mol. The van der Waals surface area contributed by atoms with Crippen molar-refractivity contribution in [3.8, 4) is 0 Å². The van der Waals surface area contributed by atoms with E-state index in [-0.39, 0.29) is 0 Å². The lowest BCUT2D eigenvalue weighted by Gasteiger charge is -2.16. The van der Waals surface area contributed by atoms with E-state index in [4.69, 9.17) is 23.2 Å². The number of amides is 2. The molecule has 0 saturated carbocycles. The minimum absolute atomic E-state index is 0.325. The van der Waals surface area contributed by atoms with Crippen LogP contribution in [0.25, 0.3) is 0 Å². The molecule has 6 heteroatoms. The highest BCUT2D eigenvalue weighted by Crippen LogP contribution is 2.24. The van der Waals surface area contributed by atoms with Gasteiger partial charge in [0.15, 0.2) is 0 Å². The van der Waals surface area contributed by atoms with Crippen LogP contribution in [0.1, 0.15) is 19.8 Å². The summed E-state index contributed by atoms with van der Waals surface area (Å²) in [5, 5.41) is 3.21. The molecule has 0 aliphatic carbocycles. The number of hydrogen-bond acceptors (Lipinski definition) is 2. The third kappa shape index (κ3) is 4.73. The third-order valence-electron chi connectivity index (χ3n) is 2.57. The fraction of sp³-hybridized carbons (Fsp3) is 0.385. The Morgan fingerprint density at radius 2 is 1.95 bits per heavy atom. The molecule has 0 aromatic heterocycles. The number of nitrogens with one attached hydrogen (secondary N) is 1. The Morgan fingerprint density at radius 1 is 1.26 bits per heavy atom. The van der Waals surface area contributed by atoms with Crippen LogP contribution in [0.2, 0.25) is 10.0 Å². The summed E-state index contributed by atoms with van der Waals surface area (Å²) in [5.74, 6) is -1.25. The Hall–Kier alpha value is -1.26. The predicted octanol–water partition coefficient (Wildman–Crippen LogP) is 3.19. The van der Waals surface area contributed by atoms with Crippen LogP contribution in [0.15, 0.2) is 18.2 Å². The number of benzene rings is 1. The summed E-state index contributed by atoms with van der Waals surface area (Å²) in [6, 6.07) is 4.65. The zero-order chi connectivity index (χ0) is 14.4. The summed E-state index contributed by atoms with van der Waals surface area (Å²) in [5.41, 5.74) is 0.441. The van der Waals surface area contributed by atoms with Crippen LogP contribution < -0.4 is 5.32 Å². The van der Waals surface area contributed by atoms with Crippen molar-refractivity contribution in [3.63, 3.8) is 0 Å². The predicted molar refractivity (Wildman–Crippen MR) is 77.6 cm³/mol. The third-order valence-corrected chi connectivity index (χ3v) is 3.30. The molecule has 1 N–H and O–H groups in total. The topological polar surface area (TPSA) is 49.4 Å². The van der Waals surface area contributed by atoms with E-state index in [1.165, 1.54) is 11.0 Å². The van der Waals surface area contributed by atoms with Crippen molar-refractivity contribution in [1.29, 1.82) is 0 Å². The lowest BCUT2D eigenvalue weighted by molar-refractivity contribution is -0.142. The highest BCUT2D eigenvalue weighted by Gasteiger charge is 2.18. The van der Waals surface area contributed by atoms with Gasteiger partial charge in [0.2, 0.25) is 0 Å². The van der Waals surface area contributed by atoms with E-state index in [0.29, 0.717) is 22.3 Å². The van der Waals surface area contributed by atoms with E-state index in [2.05, 4.69) is 5.32 Å². The number of nitrogens with zero attached hydrogens (tertiary/aromatic N) is 1. The molecular formula is C13H16Cl2N2O2. The minimum atomic E-state index is -0.683. The minimum Gasteiger partial charge on any atom is -0.338 e. The van der Waals surface area contributed by atoms with Crippen molar-refractivity contribution in [2.45, 2.75) is 19.8 Å². The van der Waals surface area contributed by atoms with E-state index in [1.807, 2.05) is 6.92 Å². The maximum atomic E-state index is 11.8. The van der Waals surface area contributed by atoms with Gasteiger partial charge in [-0.15, -0.1) is 0 Å². The summed E-state index contributed by atoms with van der Waals surface area (Å²) in [7, 11) is 1.60. The maximum absolute atomic E-state index is 11.8. The van der Waals surface area contributed by atoms with Gasteiger partial charge in [0.05, 0.1) is 10.0 Å². The lowest BCUT2D eigenvalue weighted by atomic mass is 10.3. The van der Waals surface area contributed by atoms with Crippen LogP contribution in [0.3, 0.4) is 0 Å². The van der Waals surface area contributed by atoms with E-state index in [0.717, 1.165) is 12.8 Å². The molecule has 0 aliphatic heterocycles. The first-order valence-electron chi connectivity index (χ1n) is 5.97. The highest BCUT2D eigenvalue weighted by atomic mass is 35.5. The number of carbonyl (C=O) groups is 2. The SMILES string of the molecule is CCCCN(C)C(=O)C(=O)Nc1ccc(Cl)c(Cl)c1. The van der Waals surface area contributed by atoms with Gasteiger partial charge < -0.3 is 10.2 Å². The number of rotatable bonds is 4. The fourth-order valence-corrected chi connectivity index (χ4v) is 1.73. The number of halogens is 2. The van der Waals surface area contributed by atoms with Crippen LogP contribution >= 0.6 is 23.2 Å². The first-order valence-corrected chi connectivity index (χ1v) is 6.72. The van der Waals surface area contributed by atoms with Crippen LogP contribution in [-0.2, 0) is 9.59 Å². The van der Waals surface area contributed by atoms with Gasteiger partial charge in [-0.05, 0) is 24.6 Å². The average Bonchev–Trinajstić information content (AvgIpc) is 2.39. The molecule has 0 spiro atoms. The van der Waals surface area contributed by atoms with Crippen molar-refractivity contribution >= 4 is 40.7 Å². The Morgan fingerprint density at radius 3 is 2.53 bits per heavy atom. The van der Waals surface area contributed by atoms with Crippen LogP contribution in [0.5, 0.6) is 0 Å². The Bertz CT molecular complexity index is 478. The molecule has 0 heterocycles. The van der Waals surface area contributed by atoms with Crippen LogP contribution in [0, 0.1) is 0 Å². The van der Waals surface area contributed by atoms with Crippen LogP contribution in [-0.4, -0.2) is 30.3 Å². The number of anilines is 1. The van der Waals surface area contributed by atoms with E-state index in [9.17, 15) is 9.59 Å². The summed E-state index contributed by atoms with van der Waals surface area (Å²) >= 11 is 11.6. The first-order chi connectivity index (χ1) is 8.95. The smallest absolute Gasteiger partial charge is 0.313 e. The molecule has 0 atom stereocenters. The Kier molecular flexibility index (Phi) is 6.12. The normalized spacial score (nSPS) is 10.1. The van der Waals surface area contributed by atoms with Gasteiger partial charge in [0.1, 0.15) is 0 Å². The van der Waals surface area contributed by atoms with Crippen molar-refractivity contribution in [1.82, 2.24) is 4.90 Å². The molecule has 0 unspecified atom stereocenters. The largest absolute Gasteiger partial charge is 0.338 e. The van der Waals surface area contributed by atoms with Gasteiger partial charge in [0, 0.05) is 19.3 Å². The molecule has 19 heavy (non-hydrogen) atoms. The zero-order valence-electron chi connectivity index (χ0n) is 10.9. The molecule has 0 saturated heterocycles. The molecule has 0 aliphatic rings. The molecule has 1 aromatic carbocycles. The van der Waals surface area contributed by atoms with Gasteiger partial charge in [-0.25, -0.2) is 0 Å².